The van der Waals surface area contributed by atoms with Crippen molar-refractivity contribution in [3.63, 3.8) is 0 Å². The minimum absolute atomic E-state index is 0.0680. The van der Waals surface area contributed by atoms with Crippen LogP contribution in [0.4, 0.5) is 5.69 Å². The summed E-state index contributed by atoms with van der Waals surface area (Å²) in [6.07, 6.45) is 1.09. The first kappa shape index (κ1) is 23.5. The molecule has 3 rings (SSSR count). The number of hydrogen-bond acceptors (Lipinski definition) is 9. The summed E-state index contributed by atoms with van der Waals surface area (Å²) in [5.74, 6) is -0.998. The van der Waals surface area contributed by atoms with Gasteiger partial charge in [-0.2, -0.15) is 4.98 Å². The molecule has 12 heteroatoms. The number of aromatic nitrogens is 2. The number of aliphatic imine (C=N–C) groups is 1. The molecule has 0 spiro atoms. The average molecular weight is 495 g/mol. The molecule has 0 radical (unpaired) electrons. The van der Waals surface area contributed by atoms with E-state index < -0.39 is 21.5 Å². The van der Waals surface area contributed by atoms with Crippen molar-refractivity contribution in [3.8, 4) is 11.4 Å². The van der Waals surface area contributed by atoms with E-state index in [4.69, 9.17) is 33.5 Å². The highest BCUT2D eigenvalue weighted by atomic mass is 35.5. The van der Waals surface area contributed by atoms with Crippen LogP contribution in [0.5, 0.6) is 0 Å². The Bertz CT molecular complexity index is 1350. The van der Waals surface area contributed by atoms with Gasteiger partial charge in [-0.05, 0) is 24.3 Å². The first-order chi connectivity index (χ1) is 15.1. The van der Waals surface area contributed by atoms with Gasteiger partial charge in [-0.1, -0.05) is 52.6 Å². The van der Waals surface area contributed by atoms with Crippen molar-refractivity contribution in [2.75, 3.05) is 13.4 Å². The minimum Gasteiger partial charge on any atom is -0.464 e. The highest BCUT2D eigenvalue weighted by Crippen LogP contribution is 2.28. The lowest BCUT2D eigenvalue weighted by Crippen LogP contribution is -2.18. The van der Waals surface area contributed by atoms with E-state index in [0.717, 1.165) is 13.4 Å². The molecule has 0 fully saturated rings. The number of rotatable bonds is 6. The van der Waals surface area contributed by atoms with Crippen molar-refractivity contribution in [1.29, 1.82) is 0 Å². The molecule has 0 unspecified atom stereocenters. The van der Waals surface area contributed by atoms with Crippen molar-refractivity contribution < 1.29 is 22.5 Å². The fraction of sp³-hybridized carbons (Fsp3) is 0.100. The van der Waals surface area contributed by atoms with Gasteiger partial charge in [-0.15, -0.1) is 0 Å². The second kappa shape index (κ2) is 9.51. The summed E-state index contributed by atoms with van der Waals surface area (Å²) >= 11 is 12.5. The number of esters is 1. The van der Waals surface area contributed by atoms with Crippen molar-refractivity contribution >= 4 is 50.4 Å². The molecule has 166 valence electrons. The molecule has 0 atom stereocenters. The van der Waals surface area contributed by atoms with Gasteiger partial charge < -0.3 is 15.0 Å². The number of nitrogens with zero attached hydrogens (tertiary/aromatic N) is 3. The zero-order valence-corrected chi connectivity index (χ0v) is 19.1. The zero-order valence-electron chi connectivity index (χ0n) is 16.7. The minimum atomic E-state index is -3.45. The summed E-state index contributed by atoms with van der Waals surface area (Å²) < 4.78 is 33.6. The number of carbonyl (C=O) groups excluding carboxylic acids is 1. The number of carbonyl (C=O) groups is 1. The topological polar surface area (TPSA) is 138 Å². The molecule has 0 saturated heterocycles. The third kappa shape index (κ3) is 5.16. The quantitative estimate of drug-likeness (QED) is 0.312. The maximum absolute atomic E-state index is 11.9. The Kier molecular flexibility index (Phi) is 6.97. The van der Waals surface area contributed by atoms with E-state index in [9.17, 15) is 13.2 Å². The van der Waals surface area contributed by atoms with E-state index in [1.165, 1.54) is 12.1 Å². The fourth-order valence-corrected chi connectivity index (χ4v) is 3.53. The van der Waals surface area contributed by atoms with Gasteiger partial charge in [0.05, 0.1) is 22.7 Å². The van der Waals surface area contributed by atoms with Gasteiger partial charge in [0.25, 0.3) is 5.89 Å². The van der Waals surface area contributed by atoms with Crippen LogP contribution >= 0.6 is 23.2 Å². The zero-order chi connectivity index (χ0) is 23.5. The van der Waals surface area contributed by atoms with Gasteiger partial charge in [0, 0.05) is 11.8 Å². The van der Waals surface area contributed by atoms with Crippen LogP contribution in [-0.2, 0) is 19.4 Å². The van der Waals surface area contributed by atoms with Crippen molar-refractivity contribution in [2.24, 2.45) is 10.7 Å². The van der Waals surface area contributed by atoms with Crippen LogP contribution in [0.25, 0.3) is 11.4 Å². The van der Waals surface area contributed by atoms with Gasteiger partial charge >= 0.3 is 5.97 Å². The predicted molar refractivity (Wildman–Crippen MR) is 120 cm³/mol. The van der Waals surface area contributed by atoms with E-state index >= 15 is 0 Å². The molecule has 1 aromatic heterocycles. The molecular formula is C20H16Cl2N4O5S. The monoisotopic (exact) mass is 494 g/mol. The van der Waals surface area contributed by atoms with Crippen LogP contribution < -0.4 is 5.73 Å². The Morgan fingerprint density at radius 1 is 1.19 bits per heavy atom. The number of nitrogens with two attached hydrogens (primary N) is 1. The van der Waals surface area contributed by atoms with Crippen molar-refractivity contribution in [3.05, 3.63) is 70.2 Å². The first-order valence-corrected chi connectivity index (χ1v) is 11.5. The van der Waals surface area contributed by atoms with Gasteiger partial charge in [-0.25, -0.2) is 18.2 Å². The molecule has 0 amide bonds. The molecule has 2 N–H and O–H groups in total. The van der Waals surface area contributed by atoms with Gasteiger partial charge in [0.15, 0.2) is 9.84 Å². The number of benzene rings is 2. The smallest absolute Gasteiger partial charge is 0.355 e. The molecule has 0 aliphatic carbocycles. The maximum atomic E-state index is 11.9. The number of ether oxygens (including phenoxy) is 1. The summed E-state index contributed by atoms with van der Waals surface area (Å²) in [5, 5.41) is 3.87. The lowest BCUT2D eigenvalue weighted by atomic mass is 10.2. The summed E-state index contributed by atoms with van der Waals surface area (Å²) in [4.78, 5) is 20.5. The summed E-state index contributed by atoms with van der Waals surface area (Å²) in [6, 6.07) is 12.6. The SMILES string of the molecule is COC(=O)/C(N)=C(\Cl)C(=Nc1ccccc1Cl)c1nc(-c2cccc(S(C)(=O)=O)c2)no1. The Hall–Kier alpha value is -3.21. The first-order valence-electron chi connectivity index (χ1n) is 8.83. The normalized spacial score (nSPS) is 12.9. The average Bonchev–Trinajstić information content (AvgIpc) is 3.26. The Morgan fingerprint density at radius 2 is 1.91 bits per heavy atom. The van der Waals surface area contributed by atoms with E-state index in [-0.39, 0.29) is 27.4 Å². The van der Waals surface area contributed by atoms with Crippen LogP contribution in [0.2, 0.25) is 5.02 Å². The van der Waals surface area contributed by atoms with Crippen LogP contribution in [0.3, 0.4) is 0 Å². The molecular weight excluding hydrogens is 479 g/mol. The highest BCUT2D eigenvalue weighted by Gasteiger charge is 2.24. The second-order valence-electron chi connectivity index (χ2n) is 6.35. The molecule has 0 aliphatic rings. The lowest BCUT2D eigenvalue weighted by Gasteiger charge is -2.06. The number of methoxy groups -OCH3 is 1. The number of para-hydroxylation sites is 1. The largest absolute Gasteiger partial charge is 0.464 e. The summed E-state index contributed by atoms with van der Waals surface area (Å²) in [5.41, 5.74) is 5.91. The van der Waals surface area contributed by atoms with Crippen LogP contribution in [-0.4, -0.2) is 43.6 Å². The Morgan fingerprint density at radius 3 is 2.56 bits per heavy atom. The lowest BCUT2D eigenvalue weighted by molar-refractivity contribution is -0.136. The molecule has 2 aromatic carbocycles. The number of allylic oxidation sites excluding steroid dienone is 1. The highest BCUT2D eigenvalue weighted by molar-refractivity contribution is 7.90. The van der Waals surface area contributed by atoms with Crippen LogP contribution in [0.15, 0.2) is 73.7 Å². The molecule has 3 aromatic rings. The Labute approximate surface area is 193 Å². The third-order valence-electron chi connectivity index (χ3n) is 4.08. The number of halogens is 2. The van der Waals surface area contributed by atoms with E-state index in [0.29, 0.717) is 16.3 Å². The molecule has 0 aliphatic heterocycles. The molecule has 0 bridgehead atoms. The molecule has 32 heavy (non-hydrogen) atoms. The third-order valence-corrected chi connectivity index (χ3v) is 5.90. The van der Waals surface area contributed by atoms with Gasteiger partial charge in [0.1, 0.15) is 16.4 Å². The standard InChI is InChI=1S/C20H16Cl2N4O5S/c1-30-20(27)16(23)15(22)17(24-14-9-4-3-8-13(14)21)19-25-18(26-31-19)11-6-5-7-12(10-11)32(2,28)29/h3-10H,23H2,1-2H3/b16-15+,24-17?. The van der Waals surface area contributed by atoms with E-state index in [1.807, 2.05) is 0 Å². The van der Waals surface area contributed by atoms with Crippen molar-refractivity contribution in [1.82, 2.24) is 10.1 Å². The number of hydrogen-bond donors (Lipinski definition) is 1. The molecule has 0 saturated carbocycles. The van der Waals surface area contributed by atoms with Gasteiger partial charge in [0.2, 0.25) is 5.82 Å². The maximum Gasteiger partial charge on any atom is 0.355 e. The van der Waals surface area contributed by atoms with E-state index in [1.54, 1.807) is 36.4 Å². The van der Waals surface area contributed by atoms with Crippen LogP contribution in [0.1, 0.15) is 5.89 Å². The predicted octanol–water partition coefficient (Wildman–Crippen LogP) is 3.50. The van der Waals surface area contributed by atoms with Crippen molar-refractivity contribution in [2.45, 2.75) is 4.90 Å². The van der Waals surface area contributed by atoms with E-state index in [2.05, 4.69) is 19.9 Å². The summed E-state index contributed by atoms with van der Waals surface area (Å²) in [6.45, 7) is 0. The summed E-state index contributed by atoms with van der Waals surface area (Å²) in [7, 11) is -2.30. The second-order valence-corrected chi connectivity index (χ2v) is 9.16. The molecule has 1 heterocycles. The molecule has 9 nitrogen and oxygen atoms in total. The number of sulfone groups is 1. The Balaban J connectivity index is 2.15. The van der Waals surface area contributed by atoms with Gasteiger partial charge in [-0.3, -0.25) is 0 Å². The van der Waals surface area contributed by atoms with Crippen LogP contribution in [0, 0.1) is 0 Å². The fourth-order valence-electron chi connectivity index (χ4n) is 2.48.